The van der Waals surface area contributed by atoms with E-state index in [1.165, 1.54) is 0 Å². The molecule has 17 heavy (non-hydrogen) atoms. The normalized spacial score (nSPS) is 12.5. The van der Waals surface area contributed by atoms with Gasteiger partial charge in [0.15, 0.2) is 0 Å². The van der Waals surface area contributed by atoms with Gasteiger partial charge in [0.2, 0.25) is 5.91 Å². The number of rotatable bonds is 5. The molecule has 1 atom stereocenters. The van der Waals surface area contributed by atoms with Gasteiger partial charge in [-0.05, 0) is 28.3 Å². The maximum atomic E-state index is 12.2. The van der Waals surface area contributed by atoms with Crippen molar-refractivity contribution in [3.8, 4) is 0 Å². The Kier molecular flexibility index (Phi) is 5.08. The van der Waals surface area contributed by atoms with Crippen LogP contribution in [0.15, 0.2) is 16.8 Å². The largest absolute Gasteiger partial charge is 0.393 e. The van der Waals surface area contributed by atoms with E-state index in [0.717, 1.165) is 5.56 Å². The fourth-order valence-electron chi connectivity index (χ4n) is 1.71. The lowest BCUT2D eigenvalue weighted by Gasteiger charge is -2.25. The molecule has 3 nitrogen and oxygen atoms in total. The Labute approximate surface area is 112 Å². The number of carbonyl (C=O) groups excluding carboxylic acids is 1. The monoisotopic (exact) mass is 270 g/mol. The molecule has 1 heterocycles. The third kappa shape index (κ3) is 3.78. The molecule has 2 N–H and O–H groups in total. The third-order valence-electron chi connectivity index (χ3n) is 2.62. The van der Waals surface area contributed by atoms with Crippen LogP contribution in [0.3, 0.4) is 0 Å². The number of amides is 1. The van der Waals surface area contributed by atoms with Crippen molar-refractivity contribution in [1.29, 1.82) is 0 Å². The lowest BCUT2D eigenvalue weighted by molar-refractivity contribution is -0.133. The minimum atomic E-state index is -0.367. The molecule has 0 aliphatic rings. The lowest BCUT2D eigenvalue weighted by atomic mass is 9.94. The Morgan fingerprint density at radius 1 is 1.59 bits per heavy atom. The zero-order valence-electron chi connectivity index (χ0n) is 10.3. The fourth-order valence-corrected chi connectivity index (χ4v) is 2.74. The Balaban J connectivity index is 2.70. The van der Waals surface area contributed by atoms with E-state index in [2.05, 4.69) is 0 Å². The third-order valence-corrected chi connectivity index (χ3v) is 3.60. The average Bonchev–Trinajstić information content (AvgIpc) is 2.68. The Morgan fingerprint density at radius 2 is 2.24 bits per heavy atom. The molecule has 0 spiro atoms. The first-order chi connectivity index (χ1) is 7.93. The van der Waals surface area contributed by atoms with Gasteiger partial charge < -0.3 is 10.6 Å². The van der Waals surface area contributed by atoms with Crippen molar-refractivity contribution in [2.45, 2.75) is 20.4 Å². The van der Waals surface area contributed by atoms with Gasteiger partial charge in [-0.1, -0.05) is 26.1 Å². The van der Waals surface area contributed by atoms with Gasteiger partial charge in [-0.15, -0.1) is 0 Å². The van der Waals surface area contributed by atoms with Gasteiger partial charge in [-0.25, -0.2) is 0 Å². The Bertz CT molecular complexity index is 387. The van der Waals surface area contributed by atoms with E-state index in [-0.39, 0.29) is 22.7 Å². The van der Waals surface area contributed by atoms with Gasteiger partial charge in [0.25, 0.3) is 0 Å². The van der Waals surface area contributed by atoms with E-state index in [1.807, 2.05) is 30.7 Å². The van der Waals surface area contributed by atoms with Crippen molar-refractivity contribution in [3.05, 3.63) is 22.4 Å². The molecular formula is C12H18N2OS2. The summed E-state index contributed by atoms with van der Waals surface area (Å²) < 4.78 is 0. The molecule has 0 saturated heterocycles. The number of thiophene rings is 1. The molecule has 1 amide bonds. The van der Waals surface area contributed by atoms with Gasteiger partial charge in [0.05, 0.1) is 10.9 Å². The van der Waals surface area contributed by atoms with Crippen LogP contribution < -0.4 is 5.73 Å². The van der Waals surface area contributed by atoms with Crippen LogP contribution in [0.5, 0.6) is 0 Å². The minimum absolute atomic E-state index is 0.00120. The topological polar surface area (TPSA) is 46.3 Å². The predicted molar refractivity (Wildman–Crippen MR) is 75.9 cm³/mol. The second-order valence-electron chi connectivity index (χ2n) is 4.45. The molecule has 1 aromatic rings. The number of hydrogen-bond acceptors (Lipinski definition) is 3. The van der Waals surface area contributed by atoms with Gasteiger partial charge in [-0.3, -0.25) is 4.79 Å². The molecule has 0 saturated carbocycles. The highest BCUT2D eigenvalue weighted by molar-refractivity contribution is 7.80. The van der Waals surface area contributed by atoms with Crippen molar-refractivity contribution >= 4 is 34.5 Å². The number of thiocarbonyl (C=S) groups is 1. The van der Waals surface area contributed by atoms with Crippen molar-refractivity contribution in [1.82, 2.24) is 4.90 Å². The van der Waals surface area contributed by atoms with E-state index in [1.54, 1.807) is 23.3 Å². The lowest BCUT2D eigenvalue weighted by Crippen LogP contribution is -2.41. The van der Waals surface area contributed by atoms with E-state index in [9.17, 15) is 4.79 Å². The Morgan fingerprint density at radius 3 is 2.65 bits per heavy atom. The predicted octanol–water partition coefficient (Wildman–Crippen LogP) is 2.26. The molecule has 0 radical (unpaired) electrons. The summed E-state index contributed by atoms with van der Waals surface area (Å²) >= 11 is 6.59. The summed E-state index contributed by atoms with van der Waals surface area (Å²) in [6.07, 6.45) is 0. The van der Waals surface area contributed by atoms with Crippen LogP contribution in [0.25, 0.3) is 0 Å². The molecule has 1 rings (SSSR count). The van der Waals surface area contributed by atoms with Crippen molar-refractivity contribution in [2.24, 2.45) is 17.6 Å². The first-order valence-corrected chi connectivity index (χ1v) is 6.84. The molecular weight excluding hydrogens is 252 g/mol. The van der Waals surface area contributed by atoms with Crippen LogP contribution in [0.2, 0.25) is 0 Å². The van der Waals surface area contributed by atoms with Gasteiger partial charge in [0.1, 0.15) is 0 Å². The smallest absolute Gasteiger partial charge is 0.232 e. The molecule has 0 aliphatic heterocycles. The van der Waals surface area contributed by atoms with Crippen LogP contribution in [0.4, 0.5) is 0 Å². The molecule has 1 unspecified atom stereocenters. The summed E-state index contributed by atoms with van der Waals surface area (Å²) in [7, 11) is 1.79. The zero-order chi connectivity index (χ0) is 13.0. The maximum Gasteiger partial charge on any atom is 0.232 e. The summed E-state index contributed by atoms with van der Waals surface area (Å²) in [5, 5.41) is 4.04. The van der Waals surface area contributed by atoms with Gasteiger partial charge >= 0.3 is 0 Å². The van der Waals surface area contributed by atoms with Crippen LogP contribution in [-0.2, 0) is 11.3 Å². The van der Waals surface area contributed by atoms with E-state index >= 15 is 0 Å². The molecule has 5 heteroatoms. The molecule has 0 aliphatic carbocycles. The highest BCUT2D eigenvalue weighted by atomic mass is 32.1. The minimum Gasteiger partial charge on any atom is -0.393 e. The number of carbonyl (C=O) groups is 1. The molecule has 0 fully saturated rings. The fraction of sp³-hybridized carbons (Fsp3) is 0.500. The molecule has 1 aromatic heterocycles. The standard InChI is InChI=1S/C12H18N2OS2/c1-8(2)10(11(13)16)12(15)14(3)6-9-4-5-17-7-9/h4-5,7-8,10H,6H2,1-3H3,(H2,13,16). The van der Waals surface area contributed by atoms with Gasteiger partial charge in [-0.2, -0.15) is 11.3 Å². The van der Waals surface area contributed by atoms with Crippen LogP contribution in [0.1, 0.15) is 19.4 Å². The second kappa shape index (κ2) is 6.12. The number of nitrogens with two attached hydrogens (primary N) is 1. The number of nitrogens with zero attached hydrogens (tertiary/aromatic N) is 1. The molecule has 0 bridgehead atoms. The van der Waals surface area contributed by atoms with E-state index in [0.29, 0.717) is 6.54 Å². The number of hydrogen-bond donors (Lipinski definition) is 1. The van der Waals surface area contributed by atoms with Crippen molar-refractivity contribution in [2.75, 3.05) is 7.05 Å². The van der Waals surface area contributed by atoms with Crippen LogP contribution in [0, 0.1) is 11.8 Å². The van der Waals surface area contributed by atoms with Gasteiger partial charge in [0, 0.05) is 13.6 Å². The molecule has 0 aromatic carbocycles. The van der Waals surface area contributed by atoms with E-state index in [4.69, 9.17) is 18.0 Å². The summed E-state index contributed by atoms with van der Waals surface area (Å²) in [4.78, 5) is 14.2. The SMILES string of the molecule is CC(C)C(C(=O)N(C)Cc1ccsc1)C(N)=S. The van der Waals surface area contributed by atoms with Crippen molar-refractivity contribution in [3.63, 3.8) is 0 Å². The van der Waals surface area contributed by atoms with Crippen molar-refractivity contribution < 1.29 is 4.79 Å². The second-order valence-corrected chi connectivity index (χ2v) is 5.70. The highest BCUT2D eigenvalue weighted by Crippen LogP contribution is 2.16. The summed E-state index contributed by atoms with van der Waals surface area (Å²) in [5.41, 5.74) is 6.77. The first kappa shape index (κ1) is 14.1. The summed E-state index contributed by atoms with van der Waals surface area (Å²) in [6.45, 7) is 4.52. The average molecular weight is 270 g/mol. The Hall–Kier alpha value is -0.940. The maximum absolute atomic E-state index is 12.2. The van der Waals surface area contributed by atoms with Crippen LogP contribution >= 0.6 is 23.6 Å². The highest BCUT2D eigenvalue weighted by Gasteiger charge is 2.27. The first-order valence-electron chi connectivity index (χ1n) is 5.48. The quantitative estimate of drug-likeness (QED) is 0.835. The molecule has 94 valence electrons. The summed E-state index contributed by atoms with van der Waals surface area (Å²) in [5.74, 6) is -0.239. The zero-order valence-corrected chi connectivity index (χ0v) is 12.0. The van der Waals surface area contributed by atoms with E-state index < -0.39 is 0 Å². The summed E-state index contributed by atoms with van der Waals surface area (Å²) in [6, 6.07) is 2.01. The van der Waals surface area contributed by atoms with Crippen LogP contribution in [-0.4, -0.2) is 22.8 Å².